The summed E-state index contributed by atoms with van der Waals surface area (Å²) in [6, 6.07) is 21.4. The number of hydrogen-bond acceptors (Lipinski definition) is 7. The number of nitrogens with two attached hydrogens (primary N) is 1. The fraction of sp³-hybridized carbons (Fsp3) is 0.241. The van der Waals surface area contributed by atoms with Crippen LogP contribution in [-0.2, 0) is 15.0 Å². The number of hydrogen-bond donors (Lipinski definition) is 4. The highest BCUT2D eigenvalue weighted by molar-refractivity contribution is 6.66. The molecular weight excluding hydrogens is 502 g/mol. The van der Waals surface area contributed by atoms with Gasteiger partial charge in [-0.05, 0) is 59.7 Å². The first-order valence-electron chi connectivity index (χ1n) is 12.3. The van der Waals surface area contributed by atoms with E-state index >= 15 is 0 Å². The summed E-state index contributed by atoms with van der Waals surface area (Å²) >= 11 is 0. The van der Waals surface area contributed by atoms with E-state index in [1.165, 1.54) is 24.3 Å². The molecule has 0 aliphatic heterocycles. The number of ketones is 2. The zero-order valence-electron chi connectivity index (χ0n) is 21.5. The van der Waals surface area contributed by atoms with Crippen molar-refractivity contribution in [2.45, 2.75) is 44.2 Å². The maximum atomic E-state index is 12.1. The average molecular weight is 532 g/mol. The number of amides is 2. The lowest BCUT2D eigenvalue weighted by Crippen LogP contribution is -2.48. The number of hydrazine groups is 1. The molecule has 10 nitrogen and oxygen atoms in total. The molecule has 1 fully saturated rings. The summed E-state index contributed by atoms with van der Waals surface area (Å²) < 4.78 is 11.8. The van der Waals surface area contributed by atoms with E-state index in [4.69, 9.17) is 20.4 Å². The van der Waals surface area contributed by atoms with Crippen molar-refractivity contribution in [2.24, 2.45) is 5.84 Å². The van der Waals surface area contributed by atoms with Gasteiger partial charge in [0.2, 0.25) is 5.78 Å². The molecule has 0 radical (unpaired) electrons. The molecule has 5 N–H and O–H groups in total. The molecule has 2 amide bonds. The molecule has 0 saturated heterocycles. The van der Waals surface area contributed by atoms with Gasteiger partial charge in [0.1, 0.15) is 23.4 Å². The number of benzene rings is 3. The highest BCUT2D eigenvalue weighted by Crippen LogP contribution is 2.35. The lowest BCUT2D eigenvalue weighted by molar-refractivity contribution is -0.135. The van der Waals surface area contributed by atoms with E-state index < -0.39 is 23.6 Å². The summed E-state index contributed by atoms with van der Waals surface area (Å²) in [5, 5.41) is 11.2. The molecule has 0 bridgehead atoms. The number of carbonyl (C=O) groups excluding carboxylic acids is 3. The molecule has 0 spiro atoms. The minimum absolute atomic E-state index is 0.00472. The molecule has 202 valence electrons. The Labute approximate surface area is 225 Å². The van der Waals surface area contributed by atoms with Crippen molar-refractivity contribution in [3.8, 4) is 17.2 Å². The van der Waals surface area contributed by atoms with E-state index in [0.717, 1.165) is 16.9 Å². The smallest absolute Gasteiger partial charge is 0.404 e. The van der Waals surface area contributed by atoms with E-state index in [2.05, 4.69) is 19.2 Å². The first-order valence-corrected chi connectivity index (χ1v) is 12.3. The van der Waals surface area contributed by atoms with Gasteiger partial charge in [-0.25, -0.2) is 10.6 Å². The first kappa shape index (κ1) is 27.3. The Hall–Kier alpha value is -4.70. The maximum absolute atomic E-state index is 12.1. The Kier molecular flexibility index (Phi) is 7.96. The van der Waals surface area contributed by atoms with Crippen molar-refractivity contribution < 1.29 is 33.8 Å². The molecule has 1 aliphatic carbocycles. The molecule has 0 aromatic heterocycles. The molecule has 1 aliphatic rings. The quantitative estimate of drug-likeness (QED) is 0.0770. The van der Waals surface area contributed by atoms with Crippen molar-refractivity contribution in [1.82, 2.24) is 10.7 Å². The van der Waals surface area contributed by atoms with E-state index in [0.29, 0.717) is 24.3 Å². The van der Waals surface area contributed by atoms with Crippen LogP contribution in [0.3, 0.4) is 0 Å². The van der Waals surface area contributed by atoms with Gasteiger partial charge >= 0.3 is 12.0 Å². The molecular formula is C29H29N3O7. The summed E-state index contributed by atoms with van der Waals surface area (Å²) in [5.74, 6) is 3.32. The molecule has 39 heavy (non-hydrogen) atoms. The predicted octanol–water partition coefficient (Wildman–Crippen LogP) is 3.72. The van der Waals surface area contributed by atoms with Gasteiger partial charge in [0.25, 0.3) is 5.78 Å². The minimum atomic E-state index is -1.24. The van der Waals surface area contributed by atoms with Crippen LogP contribution in [0.5, 0.6) is 17.2 Å². The van der Waals surface area contributed by atoms with Gasteiger partial charge in [-0.3, -0.25) is 19.8 Å². The number of ether oxygens (including phenoxy) is 2. The van der Waals surface area contributed by atoms with Crippen molar-refractivity contribution >= 4 is 23.6 Å². The van der Waals surface area contributed by atoms with Gasteiger partial charge in [0, 0.05) is 29.9 Å². The van der Waals surface area contributed by atoms with E-state index in [9.17, 15) is 19.2 Å². The second-order valence-electron chi connectivity index (χ2n) is 9.79. The summed E-state index contributed by atoms with van der Waals surface area (Å²) in [7, 11) is 0. The van der Waals surface area contributed by atoms with Crippen LogP contribution in [0.25, 0.3) is 0 Å². The third kappa shape index (κ3) is 6.42. The second kappa shape index (κ2) is 11.4. The van der Waals surface area contributed by atoms with Gasteiger partial charge in [-0.2, -0.15) is 0 Å². The topological polar surface area (TPSA) is 157 Å². The number of nitrogens with one attached hydrogen (secondary N) is 2. The highest BCUT2D eigenvalue weighted by atomic mass is 16.5. The third-order valence-corrected chi connectivity index (χ3v) is 6.77. The Morgan fingerprint density at radius 1 is 0.821 bits per heavy atom. The number of carbonyl (C=O) groups is 4. The van der Waals surface area contributed by atoms with Crippen molar-refractivity contribution in [1.29, 1.82) is 0 Å². The van der Waals surface area contributed by atoms with Crippen molar-refractivity contribution in [2.75, 3.05) is 0 Å². The normalized spacial score (nSPS) is 16.4. The van der Waals surface area contributed by atoms with Crippen LogP contribution in [0.15, 0.2) is 72.8 Å². The number of Topliss-reactive ketones (excluding diaryl/α,β-unsaturated/α-hetero) is 2. The molecule has 0 unspecified atom stereocenters. The van der Waals surface area contributed by atoms with Crippen LogP contribution in [-0.4, -0.2) is 40.8 Å². The van der Waals surface area contributed by atoms with Gasteiger partial charge in [-0.1, -0.05) is 38.1 Å². The number of carboxylic acid groups (broad SMARTS) is 1. The molecule has 1 saturated carbocycles. The van der Waals surface area contributed by atoms with E-state index in [-0.39, 0.29) is 23.1 Å². The van der Waals surface area contributed by atoms with Gasteiger partial charge in [0.05, 0.1) is 0 Å². The van der Waals surface area contributed by atoms with Gasteiger partial charge in [0.15, 0.2) is 0 Å². The Morgan fingerprint density at radius 3 is 1.79 bits per heavy atom. The van der Waals surface area contributed by atoms with Crippen LogP contribution < -0.4 is 26.1 Å². The lowest BCUT2D eigenvalue weighted by atomic mass is 9.78. The molecule has 4 rings (SSSR count). The zero-order valence-corrected chi connectivity index (χ0v) is 21.5. The van der Waals surface area contributed by atoms with E-state index in [1.54, 1.807) is 5.43 Å². The molecule has 0 atom stereocenters. The lowest BCUT2D eigenvalue weighted by Gasteiger charge is -2.35. The maximum Gasteiger partial charge on any atom is 0.404 e. The predicted molar refractivity (Wildman–Crippen MR) is 142 cm³/mol. The standard InChI is InChI=1S/C29H29N3O7/c1-29(2,19-7-13-23(14-8-19)39-24-15-20(16-24)31-28(36)37)18-5-11-22(12-6-18)38-21-9-3-17(4-10-21)25(33)26(34)27(35)32-30/h3-14,20,24,31H,15-16,30H2,1-2H3,(H,32,35)(H,36,37). The van der Waals surface area contributed by atoms with E-state index in [1.807, 2.05) is 48.5 Å². The summed E-state index contributed by atoms with van der Waals surface area (Å²) in [6.07, 6.45) is 0.305. The van der Waals surface area contributed by atoms with Crippen LogP contribution >= 0.6 is 0 Å². The SMILES string of the molecule is CC(C)(c1ccc(Oc2ccc(C(=O)C(=O)C(=O)NN)cc2)cc1)c1ccc(OC2CC(NC(=O)O)C2)cc1. The van der Waals surface area contributed by atoms with Crippen LogP contribution in [0.4, 0.5) is 4.79 Å². The Morgan fingerprint density at radius 2 is 1.31 bits per heavy atom. The van der Waals surface area contributed by atoms with Crippen LogP contribution in [0, 0.1) is 0 Å². The fourth-order valence-electron chi connectivity index (χ4n) is 4.31. The molecule has 0 heterocycles. The summed E-state index contributed by atoms with van der Waals surface area (Å²) in [4.78, 5) is 45.7. The first-order chi connectivity index (χ1) is 18.6. The second-order valence-corrected chi connectivity index (χ2v) is 9.79. The minimum Gasteiger partial charge on any atom is -0.490 e. The Bertz CT molecular complexity index is 1360. The van der Waals surface area contributed by atoms with Crippen molar-refractivity contribution in [3.63, 3.8) is 0 Å². The summed E-state index contributed by atoms with van der Waals surface area (Å²) in [6.45, 7) is 4.24. The monoisotopic (exact) mass is 531 g/mol. The highest BCUT2D eigenvalue weighted by Gasteiger charge is 2.32. The largest absolute Gasteiger partial charge is 0.490 e. The van der Waals surface area contributed by atoms with Crippen molar-refractivity contribution in [3.05, 3.63) is 89.5 Å². The average Bonchev–Trinajstić information content (AvgIpc) is 2.91. The van der Waals surface area contributed by atoms with Crippen LogP contribution in [0.1, 0.15) is 48.2 Å². The van der Waals surface area contributed by atoms with Crippen LogP contribution in [0.2, 0.25) is 0 Å². The molecule has 3 aromatic carbocycles. The summed E-state index contributed by atoms with van der Waals surface area (Å²) in [5.41, 5.74) is 3.57. The number of rotatable bonds is 10. The fourth-order valence-corrected chi connectivity index (χ4v) is 4.31. The molecule has 3 aromatic rings. The third-order valence-electron chi connectivity index (χ3n) is 6.77. The van der Waals surface area contributed by atoms with Gasteiger partial charge < -0.3 is 19.9 Å². The van der Waals surface area contributed by atoms with Gasteiger partial charge in [-0.15, -0.1) is 0 Å². The zero-order chi connectivity index (χ0) is 28.2. The molecule has 10 heteroatoms. The Balaban J connectivity index is 1.35.